The number of carbonyl (C=O) groups excluding carboxylic acids is 1. The Morgan fingerprint density at radius 1 is 1.19 bits per heavy atom. The Hall–Kier alpha value is -3.91. The highest BCUT2D eigenvalue weighted by atomic mass is 35.5. The molecule has 1 aliphatic rings. The lowest BCUT2D eigenvalue weighted by Gasteiger charge is -2.12. The Bertz CT molecular complexity index is 1380. The Morgan fingerprint density at radius 2 is 1.90 bits per heavy atom. The van der Waals surface area contributed by atoms with Crippen molar-refractivity contribution in [3.05, 3.63) is 85.5 Å². The number of aromatic amines is 1. The zero-order valence-electron chi connectivity index (χ0n) is 16.3. The van der Waals surface area contributed by atoms with E-state index in [1.54, 1.807) is 49.4 Å². The predicted octanol–water partition coefficient (Wildman–Crippen LogP) is 3.07. The normalized spacial score (nSPS) is 13.7. The van der Waals surface area contributed by atoms with Crippen molar-refractivity contribution in [3.8, 4) is 11.6 Å². The summed E-state index contributed by atoms with van der Waals surface area (Å²) in [6.45, 7) is 1.81. The molecule has 1 aliphatic heterocycles. The number of halogens is 1. The second kappa shape index (κ2) is 8.08. The number of fused-ring (bicyclic) bond motifs is 1. The number of rotatable bonds is 4. The first-order valence-corrected chi connectivity index (χ1v) is 9.70. The molecule has 4 rings (SSSR count). The molecule has 0 radical (unpaired) electrons. The maximum Gasteiger partial charge on any atom is 0.357 e. The summed E-state index contributed by atoms with van der Waals surface area (Å²) in [5.41, 5.74) is -0.338. The molecule has 0 fully saturated rings. The third-order valence-electron chi connectivity index (χ3n) is 4.65. The molecule has 3 aromatic rings. The smallest absolute Gasteiger partial charge is 0.357 e. The first kappa shape index (κ1) is 20.4. The van der Waals surface area contributed by atoms with Gasteiger partial charge in [-0.1, -0.05) is 41.9 Å². The van der Waals surface area contributed by atoms with Crippen molar-refractivity contribution in [2.24, 2.45) is 4.99 Å². The molecule has 0 spiro atoms. The highest BCUT2D eigenvalue weighted by Crippen LogP contribution is 2.37. The molecule has 9 heteroatoms. The van der Waals surface area contributed by atoms with E-state index < -0.39 is 23.1 Å². The number of esters is 1. The molecule has 8 nitrogen and oxygen atoms in total. The molecule has 156 valence electrons. The molecule has 0 unspecified atom stereocenters. The van der Waals surface area contributed by atoms with Crippen molar-refractivity contribution in [3.63, 3.8) is 0 Å². The minimum atomic E-state index is -0.858. The van der Waals surface area contributed by atoms with Crippen molar-refractivity contribution in [2.45, 2.75) is 6.92 Å². The number of ether oxygens (including phenoxy) is 1. The van der Waals surface area contributed by atoms with Gasteiger partial charge in [0.05, 0.1) is 23.0 Å². The molecule has 0 amide bonds. The maximum atomic E-state index is 12.6. The molecule has 2 heterocycles. The van der Waals surface area contributed by atoms with Gasteiger partial charge in [0.25, 0.3) is 5.56 Å². The van der Waals surface area contributed by atoms with Crippen LogP contribution in [0.3, 0.4) is 0 Å². The number of nitrogens with zero attached hydrogens (tertiary/aromatic N) is 2. The zero-order chi connectivity index (χ0) is 22.1. The largest absolute Gasteiger partial charge is 0.494 e. The monoisotopic (exact) mass is 437 g/mol. The van der Waals surface area contributed by atoms with Crippen molar-refractivity contribution in [1.82, 2.24) is 9.55 Å². The van der Waals surface area contributed by atoms with Crippen LogP contribution >= 0.6 is 11.6 Å². The Morgan fingerprint density at radius 3 is 2.65 bits per heavy atom. The molecule has 31 heavy (non-hydrogen) atoms. The first-order chi connectivity index (χ1) is 14.9. The fraction of sp³-hybridized carbons (Fsp3) is 0.0909. The second-order valence-corrected chi connectivity index (χ2v) is 6.95. The van der Waals surface area contributed by atoms with Crippen molar-refractivity contribution in [2.75, 3.05) is 6.61 Å². The Labute approximate surface area is 180 Å². The number of hydrogen-bond donors (Lipinski definition) is 2. The number of carbonyl (C=O) groups is 1. The molecule has 0 saturated carbocycles. The Balaban J connectivity index is 1.96. The van der Waals surface area contributed by atoms with E-state index in [4.69, 9.17) is 16.3 Å². The number of aliphatic imine (C=N–C) groups is 1. The van der Waals surface area contributed by atoms with Gasteiger partial charge in [-0.2, -0.15) is 0 Å². The number of aromatic nitrogens is 2. The lowest BCUT2D eigenvalue weighted by molar-refractivity contribution is -0.134. The molecule has 0 saturated heterocycles. The average Bonchev–Trinajstić information content (AvgIpc) is 3.11. The van der Waals surface area contributed by atoms with Gasteiger partial charge in [-0.25, -0.2) is 19.1 Å². The van der Waals surface area contributed by atoms with Crippen LogP contribution in [-0.4, -0.2) is 32.9 Å². The summed E-state index contributed by atoms with van der Waals surface area (Å²) < 4.78 is 5.97. The van der Waals surface area contributed by atoms with Gasteiger partial charge >= 0.3 is 11.7 Å². The fourth-order valence-corrected chi connectivity index (χ4v) is 3.50. The minimum Gasteiger partial charge on any atom is -0.494 e. The highest BCUT2D eigenvalue weighted by molar-refractivity contribution is 6.58. The molecular formula is C22H16ClN3O5. The van der Waals surface area contributed by atoms with E-state index in [1.165, 1.54) is 12.1 Å². The maximum absolute atomic E-state index is 12.6. The standard InChI is InChI=1S/C22H16ClN3O5/c1-2-31-21(29)18-13(12-7-3-5-9-16(12)24-18)11-14-19(27)25-22(30)26(20(14)28)17-10-6-4-8-15(17)23/h3-11,28H,2H2,1H3,(H,25,27,30)/b13-11+. The Kier molecular flexibility index (Phi) is 5.31. The van der Waals surface area contributed by atoms with Crippen molar-refractivity contribution >= 4 is 40.6 Å². The number of para-hydroxylation sites is 2. The summed E-state index contributed by atoms with van der Waals surface area (Å²) in [6.07, 6.45) is 1.31. The van der Waals surface area contributed by atoms with Gasteiger partial charge in [-0.05, 0) is 31.2 Å². The molecule has 2 N–H and O–H groups in total. The van der Waals surface area contributed by atoms with Crippen LogP contribution in [0.5, 0.6) is 5.88 Å². The van der Waals surface area contributed by atoms with Gasteiger partial charge in [-0.3, -0.25) is 9.78 Å². The number of hydrogen-bond acceptors (Lipinski definition) is 6. The van der Waals surface area contributed by atoms with Crippen LogP contribution in [0.15, 0.2) is 63.1 Å². The second-order valence-electron chi connectivity index (χ2n) is 6.54. The molecule has 2 aromatic carbocycles. The predicted molar refractivity (Wildman–Crippen MR) is 117 cm³/mol. The van der Waals surface area contributed by atoms with Gasteiger partial charge in [0, 0.05) is 11.1 Å². The van der Waals surface area contributed by atoms with Gasteiger partial charge in [-0.15, -0.1) is 0 Å². The van der Waals surface area contributed by atoms with Gasteiger partial charge in [0.1, 0.15) is 5.56 Å². The summed E-state index contributed by atoms with van der Waals surface area (Å²) in [5.74, 6) is -1.29. The van der Waals surface area contributed by atoms with Crippen LogP contribution in [-0.2, 0) is 9.53 Å². The van der Waals surface area contributed by atoms with Crippen molar-refractivity contribution < 1.29 is 14.6 Å². The molecule has 1 aromatic heterocycles. The number of benzene rings is 2. The lowest BCUT2D eigenvalue weighted by Crippen LogP contribution is -2.30. The van der Waals surface area contributed by atoms with Crippen LogP contribution in [0.1, 0.15) is 18.1 Å². The average molecular weight is 438 g/mol. The van der Waals surface area contributed by atoms with E-state index in [2.05, 4.69) is 9.98 Å². The molecule has 0 aliphatic carbocycles. The van der Waals surface area contributed by atoms with Crippen LogP contribution < -0.4 is 11.2 Å². The van der Waals surface area contributed by atoms with Crippen LogP contribution in [0, 0.1) is 0 Å². The summed E-state index contributed by atoms with van der Waals surface area (Å²) in [5, 5.41) is 11.0. The summed E-state index contributed by atoms with van der Waals surface area (Å²) in [4.78, 5) is 43.9. The topological polar surface area (TPSA) is 114 Å². The van der Waals surface area contributed by atoms with Gasteiger partial charge < -0.3 is 9.84 Å². The van der Waals surface area contributed by atoms with E-state index in [0.29, 0.717) is 16.8 Å². The number of aromatic hydroxyl groups is 1. The van der Waals surface area contributed by atoms with Crippen molar-refractivity contribution in [1.29, 1.82) is 0 Å². The quantitative estimate of drug-likeness (QED) is 0.609. The van der Waals surface area contributed by atoms with Crippen LogP contribution in [0.4, 0.5) is 5.69 Å². The SMILES string of the molecule is CCOC(=O)C1=Nc2ccccc2/C1=C\c1c(O)n(-c2ccccc2Cl)c(=O)[nH]c1=O. The third-order valence-corrected chi connectivity index (χ3v) is 4.97. The van der Waals surface area contributed by atoms with E-state index in [9.17, 15) is 19.5 Å². The van der Waals surface area contributed by atoms with E-state index in [1.807, 2.05) is 0 Å². The molecule has 0 bridgehead atoms. The summed E-state index contributed by atoms with van der Waals surface area (Å²) in [7, 11) is 0. The third kappa shape index (κ3) is 3.57. The van der Waals surface area contributed by atoms with Crippen LogP contribution in [0.25, 0.3) is 17.3 Å². The number of H-pyrrole nitrogens is 1. The van der Waals surface area contributed by atoms with E-state index in [0.717, 1.165) is 4.57 Å². The minimum absolute atomic E-state index is 0.00246. The molecule has 0 atom stereocenters. The zero-order valence-corrected chi connectivity index (χ0v) is 17.0. The summed E-state index contributed by atoms with van der Waals surface area (Å²) >= 11 is 6.17. The van der Waals surface area contributed by atoms with Gasteiger partial charge in [0.2, 0.25) is 5.88 Å². The van der Waals surface area contributed by atoms with Gasteiger partial charge in [0.15, 0.2) is 5.71 Å². The first-order valence-electron chi connectivity index (χ1n) is 9.32. The molecular weight excluding hydrogens is 422 g/mol. The van der Waals surface area contributed by atoms with E-state index >= 15 is 0 Å². The fourth-order valence-electron chi connectivity index (χ4n) is 3.28. The highest BCUT2D eigenvalue weighted by Gasteiger charge is 2.28. The number of nitrogens with one attached hydrogen (secondary N) is 1. The van der Waals surface area contributed by atoms with E-state index in [-0.39, 0.29) is 28.6 Å². The van der Waals surface area contributed by atoms with Crippen LogP contribution in [0.2, 0.25) is 5.02 Å². The summed E-state index contributed by atoms with van der Waals surface area (Å²) in [6, 6.07) is 13.3. The lowest BCUT2D eigenvalue weighted by atomic mass is 10.0.